The summed E-state index contributed by atoms with van der Waals surface area (Å²) in [5, 5.41) is 15.4. The molecule has 2 heterocycles. The normalized spacial score (nSPS) is 18.6. The molecule has 4 rings (SSSR count). The molecule has 0 aromatic heterocycles. The standard InChI is InChI=1S/C26H33N5O3S/c1-3-35(32,33)31-22(8-7-19-5-4-6-20(15-19)26(28)29)16-21-17-24(9-10-25(21)31)34-23-11-13-30(14-12-23)18(2)27/h4-10,15,17,22-23,27H,3,11-14,16H2,1-2H3,(H3,28,29)/b8-7+,27-18?. The van der Waals surface area contributed by atoms with Gasteiger partial charge in [0, 0.05) is 31.5 Å². The second-order valence-corrected chi connectivity index (χ2v) is 11.2. The average molecular weight is 496 g/mol. The molecule has 35 heavy (non-hydrogen) atoms. The van der Waals surface area contributed by atoms with Crippen LogP contribution in [-0.2, 0) is 16.4 Å². The maximum absolute atomic E-state index is 13.0. The van der Waals surface area contributed by atoms with Crippen molar-refractivity contribution in [2.75, 3.05) is 23.1 Å². The van der Waals surface area contributed by atoms with Crippen molar-refractivity contribution in [3.63, 3.8) is 0 Å². The zero-order valence-electron chi connectivity index (χ0n) is 20.2. The number of piperidine rings is 1. The highest BCUT2D eigenvalue weighted by atomic mass is 32.2. The van der Waals surface area contributed by atoms with Gasteiger partial charge in [0.25, 0.3) is 0 Å². The second-order valence-electron chi connectivity index (χ2n) is 9.05. The molecule has 2 aromatic carbocycles. The Balaban J connectivity index is 1.54. The van der Waals surface area contributed by atoms with Crippen LogP contribution in [0.15, 0.2) is 48.5 Å². The van der Waals surface area contributed by atoms with Gasteiger partial charge >= 0.3 is 0 Å². The summed E-state index contributed by atoms with van der Waals surface area (Å²) in [6.07, 6.45) is 6.15. The summed E-state index contributed by atoms with van der Waals surface area (Å²) in [6.45, 7) is 5.09. The van der Waals surface area contributed by atoms with Gasteiger partial charge in [-0.05, 0) is 55.7 Å². The molecule has 0 saturated carbocycles. The van der Waals surface area contributed by atoms with E-state index in [0.717, 1.165) is 42.8 Å². The minimum absolute atomic E-state index is 0.00475. The third-order valence-corrected chi connectivity index (χ3v) is 8.41. The summed E-state index contributed by atoms with van der Waals surface area (Å²) in [5.41, 5.74) is 8.73. The van der Waals surface area contributed by atoms with Crippen molar-refractivity contribution < 1.29 is 13.2 Å². The van der Waals surface area contributed by atoms with Crippen molar-refractivity contribution in [3.05, 3.63) is 65.2 Å². The Kier molecular flexibility index (Phi) is 7.16. The molecule has 2 aromatic rings. The Morgan fingerprint density at radius 2 is 1.91 bits per heavy atom. The van der Waals surface area contributed by atoms with Crippen LogP contribution in [0.1, 0.15) is 43.4 Å². The van der Waals surface area contributed by atoms with Crippen LogP contribution >= 0.6 is 0 Å². The first-order valence-corrected chi connectivity index (χ1v) is 13.5. The summed E-state index contributed by atoms with van der Waals surface area (Å²) < 4.78 is 33.8. The van der Waals surface area contributed by atoms with Crippen molar-refractivity contribution in [1.82, 2.24) is 4.90 Å². The number of nitrogens with two attached hydrogens (primary N) is 1. The molecule has 2 aliphatic heterocycles. The Bertz CT molecular complexity index is 1250. The monoisotopic (exact) mass is 495 g/mol. The van der Waals surface area contributed by atoms with Crippen LogP contribution in [-0.4, -0.2) is 56.0 Å². The molecular formula is C26H33N5O3S. The van der Waals surface area contributed by atoms with Gasteiger partial charge < -0.3 is 15.4 Å². The van der Waals surface area contributed by atoms with Crippen LogP contribution in [0.25, 0.3) is 6.08 Å². The predicted octanol–water partition coefficient (Wildman–Crippen LogP) is 3.61. The van der Waals surface area contributed by atoms with Crippen molar-refractivity contribution in [2.24, 2.45) is 5.73 Å². The third-order valence-electron chi connectivity index (χ3n) is 6.61. The van der Waals surface area contributed by atoms with E-state index < -0.39 is 10.0 Å². The van der Waals surface area contributed by atoms with E-state index in [0.29, 0.717) is 23.5 Å². The number of sulfonamides is 1. The zero-order valence-corrected chi connectivity index (χ0v) is 21.0. The number of amidine groups is 2. The quantitative estimate of drug-likeness (QED) is 0.400. The first-order valence-electron chi connectivity index (χ1n) is 11.9. The van der Waals surface area contributed by atoms with Gasteiger partial charge in [-0.2, -0.15) is 0 Å². The summed E-state index contributed by atoms with van der Waals surface area (Å²) in [7, 11) is -3.48. The molecule has 0 bridgehead atoms. The van der Waals surface area contributed by atoms with Crippen molar-refractivity contribution in [2.45, 2.75) is 45.3 Å². The first-order chi connectivity index (χ1) is 16.7. The molecule has 1 fully saturated rings. The van der Waals surface area contributed by atoms with Crippen LogP contribution in [0.2, 0.25) is 0 Å². The lowest BCUT2D eigenvalue weighted by Gasteiger charge is -2.32. The van der Waals surface area contributed by atoms with E-state index in [9.17, 15) is 8.42 Å². The molecule has 2 aliphatic rings. The van der Waals surface area contributed by atoms with Crippen LogP contribution in [0.5, 0.6) is 5.75 Å². The fourth-order valence-corrected chi connectivity index (χ4v) is 5.99. The van der Waals surface area contributed by atoms with Gasteiger partial charge in [-0.25, -0.2) is 8.42 Å². The van der Waals surface area contributed by atoms with E-state index in [1.807, 2.05) is 55.5 Å². The van der Waals surface area contributed by atoms with E-state index in [-0.39, 0.29) is 23.7 Å². The van der Waals surface area contributed by atoms with Crippen molar-refractivity contribution in [1.29, 1.82) is 10.8 Å². The minimum atomic E-state index is -3.48. The van der Waals surface area contributed by atoms with Gasteiger partial charge in [-0.15, -0.1) is 0 Å². The van der Waals surface area contributed by atoms with Crippen LogP contribution in [0.4, 0.5) is 5.69 Å². The molecule has 0 spiro atoms. The number of nitrogens with one attached hydrogen (secondary N) is 2. The van der Waals surface area contributed by atoms with E-state index in [4.69, 9.17) is 21.3 Å². The molecular weight excluding hydrogens is 462 g/mol. The van der Waals surface area contributed by atoms with Crippen LogP contribution in [0.3, 0.4) is 0 Å². The van der Waals surface area contributed by atoms with Gasteiger partial charge in [0.2, 0.25) is 10.0 Å². The summed E-state index contributed by atoms with van der Waals surface area (Å²) in [5.74, 6) is 1.35. The second kappa shape index (κ2) is 10.1. The van der Waals surface area contributed by atoms with Gasteiger partial charge in [-0.3, -0.25) is 15.1 Å². The SMILES string of the molecule is CCS(=O)(=O)N1c2ccc(OC3CCN(C(C)=N)CC3)cc2CC1/C=C/c1cccc(C(=N)N)c1. The number of ether oxygens (including phenoxy) is 1. The summed E-state index contributed by atoms with van der Waals surface area (Å²) in [4.78, 5) is 2.05. The van der Waals surface area contributed by atoms with Crippen LogP contribution < -0.4 is 14.8 Å². The molecule has 0 radical (unpaired) electrons. The largest absolute Gasteiger partial charge is 0.490 e. The molecule has 8 nitrogen and oxygen atoms in total. The molecule has 186 valence electrons. The van der Waals surface area contributed by atoms with Gasteiger partial charge in [0.05, 0.1) is 23.3 Å². The lowest BCUT2D eigenvalue weighted by atomic mass is 10.1. The van der Waals surface area contributed by atoms with E-state index in [1.54, 1.807) is 13.0 Å². The highest BCUT2D eigenvalue weighted by molar-refractivity contribution is 7.92. The maximum Gasteiger partial charge on any atom is 0.235 e. The Labute approximate surface area is 207 Å². The highest BCUT2D eigenvalue weighted by Crippen LogP contribution is 2.38. The Morgan fingerprint density at radius 3 is 2.57 bits per heavy atom. The van der Waals surface area contributed by atoms with E-state index >= 15 is 0 Å². The fourth-order valence-electron chi connectivity index (χ4n) is 4.68. The molecule has 9 heteroatoms. The number of hydrogen-bond donors (Lipinski definition) is 3. The number of benzene rings is 2. The number of nitrogens with zero attached hydrogens (tertiary/aromatic N) is 2. The number of hydrogen-bond acceptors (Lipinski definition) is 5. The van der Waals surface area contributed by atoms with Crippen molar-refractivity contribution in [3.8, 4) is 5.75 Å². The fraction of sp³-hybridized carbons (Fsp3) is 0.385. The van der Waals surface area contributed by atoms with Gasteiger partial charge in [0.1, 0.15) is 17.7 Å². The lowest BCUT2D eigenvalue weighted by molar-refractivity contribution is 0.130. The molecule has 0 aliphatic carbocycles. The first kappa shape index (κ1) is 24.8. The maximum atomic E-state index is 13.0. The third kappa shape index (κ3) is 5.51. The predicted molar refractivity (Wildman–Crippen MR) is 141 cm³/mol. The van der Waals surface area contributed by atoms with E-state index in [2.05, 4.69) is 4.90 Å². The number of rotatable bonds is 7. The number of likely N-dealkylation sites (tertiary alicyclic amines) is 1. The Hall–Kier alpha value is -3.33. The number of anilines is 1. The topological polar surface area (TPSA) is 124 Å². The molecule has 1 saturated heterocycles. The molecule has 1 atom stereocenters. The minimum Gasteiger partial charge on any atom is -0.490 e. The van der Waals surface area contributed by atoms with Crippen molar-refractivity contribution >= 4 is 33.5 Å². The smallest absolute Gasteiger partial charge is 0.235 e. The summed E-state index contributed by atoms with van der Waals surface area (Å²) in [6, 6.07) is 12.6. The lowest BCUT2D eigenvalue weighted by Crippen LogP contribution is -2.40. The molecule has 4 N–H and O–H groups in total. The number of nitrogen functional groups attached to an aromatic ring is 1. The average Bonchev–Trinajstić information content (AvgIpc) is 3.21. The molecule has 1 unspecified atom stereocenters. The van der Waals surface area contributed by atoms with Gasteiger partial charge in [-0.1, -0.05) is 30.4 Å². The Morgan fingerprint density at radius 1 is 1.17 bits per heavy atom. The zero-order chi connectivity index (χ0) is 25.2. The summed E-state index contributed by atoms with van der Waals surface area (Å²) >= 11 is 0. The number of fused-ring (bicyclic) bond motifs is 1. The molecule has 0 amide bonds. The highest BCUT2D eigenvalue weighted by Gasteiger charge is 2.35. The van der Waals surface area contributed by atoms with E-state index in [1.165, 1.54) is 4.31 Å². The van der Waals surface area contributed by atoms with Crippen LogP contribution in [0, 0.1) is 10.8 Å². The van der Waals surface area contributed by atoms with Gasteiger partial charge in [0.15, 0.2) is 0 Å².